The van der Waals surface area contributed by atoms with Gasteiger partial charge >= 0.3 is 0 Å². The largest absolute Gasteiger partial charge is 0.346 e. The van der Waals surface area contributed by atoms with Crippen molar-refractivity contribution in [1.82, 2.24) is 19.3 Å². The summed E-state index contributed by atoms with van der Waals surface area (Å²) in [6, 6.07) is 1.91. The van der Waals surface area contributed by atoms with E-state index in [9.17, 15) is 4.79 Å². The first kappa shape index (κ1) is 13.1. The molecule has 1 saturated carbocycles. The number of rotatable bonds is 6. The summed E-state index contributed by atoms with van der Waals surface area (Å²) in [5.41, 5.74) is 0.822. The Balaban J connectivity index is 1.71. The molecule has 0 bridgehead atoms. The van der Waals surface area contributed by atoms with Crippen molar-refractivity contribution in [3.05, 3.63) is 36.2 Å². The summed E-state index contributed by atoms with van der Waals surface area (Å²) in [7, 11) is 0. The Hall–Kier alpha value is -1.91. The zero-order valence-electron chi connectivity index (χ0n) is 12.0. The maximum Gasteiger partial charge on any atom is 0.167 e. The normalized spacial score (nSPS) is 14.9. The van der Waals surface area contributed by atoms with E-state index < -0.39 is 0 Å². The lowest BCUT2D eigenvalue weighted by Crippen LogP contribution is -2.12. The monoisotopic (exact) mass is 272 g/mol. The van der Waals surface area contributed by atoms with Gasteiger partial charge in [0.2, 0.25) is 0 Å². The van der Waals surface area contributed by atoms with E-state index in [4.69, 9.17) is 0 Å². The molecule has 2 aromatic heterocycles. The van der Waals surface area contributed by atoms with Crippen molar-refractivity contribution in [3.8, 4) is 0 Å². The molecule has 0 N–H and O–H groups in total. The van der Waals surface area contributed by atoms with Crippen molar-refractivity contribution in [2.45, 2.75) is 39.8 Å². The third kappa shape index (κ3) is 2.81. The number of carbonyl (C=O) groups is 1. The maximum absolute atomic E-state index is 12.0. The standard InChI is InChI=1S/C15H20N4O/c1-11(2)7-19-14(16-10-17-19)9-18-6-5-13(8-18)15(20)12-3-4-12/h5-6,8,10-12H,3-4,7,9H2,1-2H3. The van der Waals surface area contributed by atoms with Crippen LogP contribution >= 0.6 is 0 Å². The van der Waals surface area contributed by atoms with Crippen LogP contribution in [0.4, 0.5) is 0 Å². The molecule has 0 aromatic carbocycles. The molecular formula is C15H20N4O. The molecule has 1 aliphatic carbocycles. The summed E-state index contributed by atoms with van der Waals surface area (Å²) in [5, 5.41) is 4.26. The van der Waals surface area contributed by atoms with Gasteiger partial charge in [0.15, 0.2) is 5.78 Å². The Morgan fingerprint density at radius 2 is 2.25 bits per heavy atom. The number of aromatic nitrogens is 4. The molecule has 0 aliphatic heterocycles. The summed E-state index contributed by atoms with van der Waals surface area (Å²) >= 11 is 0. The van der Waals surface area contributed by atoms with Crippen molar-refractivity contribution in [1.29, 1.82) is 0 Å². The van der Waals surface area contributed by atoms with E-state index in [2.05, 4.69) is 23.9 Å². The lowest BCUT2D eigenvalue weighted by molar-refractivity contribution is 0.0967. The van der Waals surface area contributed by atoms with Crippen LogP contribution in [-0.4, -0.2) is 25.1 Å². The highest BCUT2D eigenvalue weighted by Crippen LogP contribution is 2.32. The van der Waals surface area contributed by atoms with Crippen LogP contribution in [0.1, 0.15) is 42.9 Å². The van der Waals surface area contributed by atoms with Crippen LogP contribution in [-0.2, 0) is 13.1 Å². The second kappa shape index (κ2) is 5.23. The van der Waals surface area contributed by atoms with Crippen molar-refractivity contribution in [3.63, 3.8) is 0 Å². The molecule has 20 heavy (non-hydrogen) atoms. The van der Waals surface area contributed by atoms with Gasteiger partial charge in [0.1, 0.15) is 12.2 Å². The predicted octanol–water partition coefficient (Wildman–Crippen LogP) is 2.38. The summed E-state index contributed by atoms with van der Waals surface area (Å²) in [6.45, 7) is 5.84. The second-order valence-corrected chi connectivity index (χ2v) is 5.96. The average Bonchev–Trinajstić information content (AvgIpc) is 3.01. The Bertz CT molecular complexity index is 607. The molecule has 0 unspecified atom stereocenters. The smallest absolute Gasteiger partial charge is 0.167 e. The first-order valence-electron chi connectivity index (χ1n) is 7.20. The molecule has 0 spiro atoms. The van der Waals surface area contributed by atoms with Crippen molar-refractivity contribution in [2.24, 2.45) is 11.8 Å². The minimum absolute atomic E-state index is 0.274. The van der Waals surface area contributed by atoms with E-state index in [1.807, 2.05) is 27.7 Å². The Labute approximate surface area is 118 Å². The van der Waals surface area contributed by atoms with Gasteiger partial charge in [0.05, 0.1) is 6.54 Å². The molecule has 2 aromatic rings. The summed E-state index contributed by atoms with van der Waals surface area (Å²) in [6.07, 6.45) is 7.57. The van der Waals surface area contributed by atoms with Crippen LogP contribution < -0.4 is 0 Å². The molecule has 5 nitrogen and oxygen atoms in total. The molecule has 1 fully saturated rings. The van der Waals surface area contributed by atoms with E-state index in [0.717, 1.165) is 30.8 Å². The highest BCUT2D eigenvalue weighted by Gasteiger charge is 2.30. The maximum atomic E-state index is 12.0. The number of ketones is 1. The number of Topliss-reactive ketones (excluding diaryl/α,β-unsaturated/α-hetero) is 1. The quantitative estimate of drug-likeness (QED) is 0.759. The lowest BCUT2D eigenvalue weighted by atomic mass is 10.1. The molecular weight excluding hydrogens is 252 g/mol. The molecule has 0 amide bonds. The van der Waals surface area contributed by atoms with E-state index in [-0.39, 0.29) is 11.7 Å². The van der Waals surface area contributed by atoms with Gasteiger partial charge in [-0.1, -0.05) is 13.8 Å². The SMILES string of the molecule is CC(C)Cn1ncnc1Cn1ccc(C(=O)C2CC2)c1. The van der Waals surface area contributed by atoms with E-state index in [0.29, 0.717) is 12.5 Å². The summed E-state index contributed by atoms with van der Waals surface area (Å²) in [5.74, 6) is 2.02. The van der Waals surface area contributed by atoms with Gasteiger partial charge in [-0.25, -0.2) is 9.67 Å². The van der Waals surface area contributed by atoms with Crippen LogP contribution in [0.15, 0.2) is 24.8 Å². The fraction of sp³-hybridized carbons (Fsp3) is 0.533. The van der Waals surface area contributed by atoms with Gasteiger partial charge in [-0.3, -0.25) is 4.79 Å². The molecule has 0 saturated heterocycles. The third-order valence-electron chi connectivity index (χ3n) is 3.54. The van der Waals surface area contributed by atoms with Crippen LogP contribution in [0, 0.1) is 11.8 Å². The highest BCUT2D eigenvalue weighted by molar-refractivity contribution is 5.99. The molecule has 0 radical (unpaired) electrons. The molecule has 3 rings (SSSR count). The van der Waals surface area contributed by atoms with Crippen LogP contribution in [0.5, 0.6) is 0 Å². The summed E-state index contributed by atoms with van der Waals surface area (Å²) in [4.78, 5) is 16.3. The first-order valence-corrected chi connectivity index (χ1v) is 7.20. The lowest BCUT2D eigenvalue weighted by Gasteiger charge is -2.08. The minimum Gasteiger partial charge on any atom is -0.346 e. The average molecular weight is 272 g/mol. The van der Waals surface area contributed by atoms with Crippen molar-refractivity contribution < 1.29 is 4.79 Å². The number of nitrogens with zero attached hydrogens (tertiary/aromatic N) is 4. The van der Waals surface area contributed by atoms with Gasteiger partial charge in [-0.15, -0.1) is 0 Å². The van der Waals surface area contributed by atoms with Crippen molar-refractivity contribution >= 4 is 5.78 Å². The molecule has 1 aliphatic rings. The van der Waals surface area contributed by atoms with Crippen LogP contribution in [0.25, 0.3) is 0 Å². The van der Waals surface area contributed by atoms with Gasteiger partial charge in [-0.2, -0.15) is 5.10 Å². The zero-order chi connectivity index (χ0) is 14.1. The van der Waals surface area contributed by atoms with Gasteiger partial charge < -0.3 is 4.57 Å². The van der Waals surface area contributed by atoms with Gasteiger partial charge in [0.25, 0.3) is 0 Å². The third-order valence-corrected chi connectivity index (χ3v) is 3.54. The second-order valence-electron chi connectivity index (χ2n) is 5.96. The van der Waals surface area contributed by atoms with Gasteiger partial charge in [0, 0.05) is 30.4 Å². The predicted molar refractivity (Wildman–Crippen MR) is 75.4 cm³/mol. The number of carbonyl (C=O) groups excluding carboxylic acids is 1. The minimum atomic E-state index is 0.274. The van der Waals surface area contributed by atoms with E-state index >= 15 is 0 Å². The fourth-order valence-electron chi connectivity index (χ4n) is 2.34. The summed E-state index contributed by atoms with van der Waals surface area (Å²) < 4.78 is 3.95. The van der Waals surface area contributed by atoms with Crippen LogP contribution in [0.2, 0.25) is 0 Å². The Morgan fingerprint density at radius 1 is 1.45 bits per heavy atom. The fourth-order valence-corrected chi connectivity index (χ4v) is 2.34. The van der Waals surface area contributed by atoms with E-state index in [1.165, 1.54) is 0 Å². The zero-order valence-corrected chi connectivity index (χ0v) is 12.0. The molecule has 2 heterocycles. The number of hydrogen-bond acceptors (Lipinski definition) is 3. The first-order chi connectivity index (χ1) is 9.63. The number of hydrogen-bond donors (Lipinski definition) is 0. The topological polar surface area (TPSA) is 52.7 Å². The molecule has 106 valence electrons. The molecule has 0 atom stereocenters. The Morgan fingerprint density at radius 3 is 2.95 bits per heavy atom. The molecule has 5 heteroatoms. The highest BCUT2D eigenvalue weighted by atomic mass is 16.1. The van der Waals surface area contributed by atoms with Crippen molar-refractivity contribution in [2.75, 3.05) is 0 Å². The Kier molecular flexibility index (Phi) is 3.42. The van der Waals surface area contributed by atoms with Gasteiger partial charge in [-0.05, 0) is 24.8 Å². The van der Waals surface area contributed by atoms with E-state index in [1.54, 1.807) is 6.33 Å². The van der Waals surface area contributed by atoms with Crippen LogP contribution in [0.3, 0.4) is 0 Å².